The van der Waals surface area contributed by atoms with Gasteiger partial charge in [-0.05, 0) is 31.1 Å². The van der Waals surface area contributed by atoms with Crippen molar-refractivity contribution in [3.8, 4) is 0 Å². The molecule has 1 aromatic rings. The second-order valence-corrected chi connectivity index (χ2v) is 5.11. The highest BCUT2D eigenvalue weighted by Crippen LogP contribution is 2.07. The highest BCUT2D eigenvalue weighted by molar-refractivity contribution is 5.73. The summed E-state index contributed by atoms with van der Waals surface area (Å²) in [6.07, 6.45) is 0.822. The zero-order chi connectivity index (χ0) is 15.5. The molecule has 0 unspecified atom stereocenters. The Morgan fingerprint density at radius 2 is 2.05 bits per heavy atom. The molecule has 0 saturated heterocycles. The van der Waals surface area contributed by atoms with Crippen LogP contribution in [0.4, 0.5) is 4.79 Å². The summed E-state index contributed by atoms with van der Waals surface area (Å²) in [6.45, 7) is 5.91. The maximum absolute atomic E-state index is 11.6. The topological polar surface area (TPSA) is 53.6 Å². The third-order valence-electron chi connectivity index (χ3n) is 3.25. The van der Waals surface area contributed by atoms with Gasteiger partial charge in [-0.3, -0.25) is 0 Å². The van der Waals surface area contributed by atoms with Crippen LogP contribution in [0.1, 0.15) is 24.5 Å². The first-order valence-electron chi connectivity index (χ1n) is 7.42. The first-order valence-corrected chi connectivity index (χ1v) is 7.42. The van der Waals surface area contributed by atoms with Crippen molar-refractivity contribution in [2.24, 2.45) is 0 Å². The smallest absolute Gasteiger partial charge is 0.315 e. The Morgan fingerprint density at radius 1 is 1.29 bits per heavy atom. The van der Waals surface area contributed by atoms with Gasteiger partial charge in [-0.1, -0.05) is 31.2 Å². The van der Waals surface area contributed by atoms with E-state index in [2.05, 4.69) is 41.6 Å². The average Bonchev–Trinajstić information content (AvgIpc) is 2.50. The number of methoxy groups -OCH3 is 1. The summed E-state index contributed by atoms with van der Waals surface area (Å²) in [7, 11) is 3.75. The van der Waals surface area contributed by atoms with Gasteiger partial charge in [-0.15, -0.1) is 0 Å². The van der Waals surface area contributed by atoms with E-state index < -0.39 is 0 Å². The molecule has 0 fully saturated rings. The number of nitrogens with zero attached hydrogens (tertiary/aromatic N) is 1. The van der Waals surface area contributed by atoms with Crippen LogP contribution in [0.25, 0.3) is 0 Å². The van der Waals surface area contributed by atoms with Crippen LogP contribution in [-0.2, 0) is 17.8 Å². The van der Waals surface area contributed by atoms with Gasteiger partial charge >= 0.3 is 6.03 Å². The molecular formula is C16H27N3O2. The van der Waals surface area contributed by atoms with E-state index in [0.717, 1.165) is 25.1 Å². The number of ether oxygens (including phenoxy) is 1. The number of carbonyl (C=O) groups excluding carboxylic acids is 1. The SMILES string of the molecule is CCN(C)Cc1cccc(CNC(=O)NCCCOC)c1. The number of amides is 2. The van der Waals surface area contributed by atoms with Crippen LogP contribution in [0.2, 0.25) is 0 Å². The lowest BCUT2D eigenvalue weighted by molar-refractivity contribution is 0.193. The van der Waals surface area contributed by atoms with E-state index in [1.807, 2.05) is 12.1 Å². The van der Waals surface area contributed by atoms with Gasteiger partial charge in [-0.25, -0.2) is 4.79 Å². The molecule has 0 bridgehead atoms. The Labute approximate surface area is 127 Å². The summed E-state index contributed by atoms with van der Waals surface area (Å²) in [5.41, 5.74) is 2.38. The Kier molecular flexibility index (Phi) is 8.47. The second kappa shape index (κ2) is 10.2. The van der Waals surface area contributed by atoms with E-state index in [1.165, 1.54) is 5.56 Å². The van der Waals surface area contributed by atoms with Gasteiger partial charge in [0.25, 0.3) is 0 Å². The zero-order valence-corrected chi connectivity index (χ0v) is 13.3. The summed E-state index contributed by atoms with van der Waals surface area (Å²) in [5, 5.41) is 5.67. The quantitative estimate of drug-likeness (QED) is 0.685. The third kappa shape index (κ3) is 7.68. The molecule has 1 aromatic carbocycles. The molecule has 0 aromatic heterocycles. The summed E-state index contributed by atoms with van der Waals surface area (Å²) in [6, 6.07) is 8.17. The Bertz CT molecular complexity index is 424. The van der Waals surface area contributed by atoms with E-state index >= 15 is 0 Å². The van der Waals surface area contributed by atoms with Gasteiger partial charge in [0.15, 0.2) is 0 Å². The van der Waals surface area contributed by atoms with Crippen LogP contribution in [0.5, 0.6) is 0 Å². The van der Waals surface area contributed by atoms with Gasteiger partial charge in [0.05, 0.1) is 0 Å². The first-order chi connectivity index (χ1) is 10.2. The number of urea groups is 1. The first kappa shape index (κ1) is 17.5. The maximum Gasteiger partial charge on any atom is 0.315 e. The van der Waals surface area contributed by atoms with Crippen LogP contribution in [-0.4, -0.2) is 44.8 Å². The fraction of sp³-hybridized carbons (Fsp3) is 0.562. The molecule has 0 heterocycles. The number of hydrogen-bond acceptors (Lipinski definition) is 3. The summed E-state index contributed by atoms with van der Waals surface area (Å²) in [4.78, 5) is 13.9. The predicted molar refractivity (Wildman–Crippen MR) is 85.2 cm³/mol. The van der Waals surface area contributed by atoms with E-state index in [-0.39, 0.29) is 6.03 Å². The molecule has 21 heavy (non-hydrogen) atoms. The van der Waals surface area contributed by atoms with Crippen molar-refractivity contribution >= 4 is 6.03 Å². The molecule has 5 heteroatoms. The molecule has 0 spiro atoms. The fourth-order valence-corrected chi connectivity index (χ4v) is 1.92. The minimum atomic E-state index is -0.137. The highest BCUT2D eigenvalue weighted by atomic mass is 16.5. The molecule has 2 amide bonds. The summed E-state index contributed by atoms with van der Waals surface area (Å²) < 4.78 is 4.93. The Balaban J connectivity index is 2.34. The number of nitrogens with one attached hydrogen (secondary N) is 2. The number of rotatable bonds is 9. The average molecular weight is 293 g/mol. The van der Waals surface area contributed by atoms with Gasteiger partial charge < -0.3 is 20.3 Å². The maximum atomic E-state index is 11.6. The van der Waals surface area contributed by atoms with Crippen molar-refractivity contribution in [2.45, 2.75) is 26.4 Å². The molecule has 0 atom stereocenters. The van der Waals surface area contributed by atoms with Crippen molar-refractivity contribution < 1.29 is 9.53 Å². The highest BCUT2D eigenvalue weighted by Gasteiger charge is 2.02. The lowest BCUT2D eigenvalue weighted by atomic mass is 10.1. The lowest BCUT2D eigenvalue weighted by Crippen LogP contribution is -2.35. The number of benzene rings is 1. The van der Waals surface area contributed by atoms with E-state index in [0.29, 0.717) is 19.7 Å². The Hall–Kier alpha value is -1.59. The van der Waals surface area contributed by atoms with E-state index in [4.69, 9.17) is 4.74 Å². The van der Waals surface area contributed by atoms with Crippen LogP contribution in [0.15, 0.2) is 24.3 Å². The standard InChI is InChI=1S/C16H27N3O2/c1-4-19(2)13-15-8-5-7-14(11-15)12-18-16(20)17-9-6-10-21-3/h5,7-8,11H,4,6,9-10,12-13H2,1-3H3,(H2,17,18,20). The summed E-state index contributed by atoms with van der Waals surface area (Å²) >= 11 is 0. The van der Waals surface area contributed by atoms with E-state index in [9.17, 15) is 4.79 Å². The molecule has 0 aliphatic rings. The fourth-order valence-electron chi connectivity index (χ4n) is 1.92. The van der Waals surface area contributed by atoms with Gasteiger partial charge in [0, 0.05) is 33.4 Å². The molecule has 0 saturated carbocycles. The molecule has 2 N–H and O–H groups in total. The Morgan fingerprint density at radius 3 is 2.76 bits per heavy atom. The second-order valence-electron chi connectivity index (χ2n) is 5.11. The zero-order valence-electron chi connectivity index (χ0n) is 13.3. The van der Waals surface area contributed by atoms with Gasteiger partial charge in [0.1, 0.15) is 0 Å². The molecular weight excluding hydrogens is 266 g/mol. The molecule has 0 aliphatic carbocycles. The molecule has 0 aliphatic heterocycles. The lowest BCUT2D eigenvalue weighted by Gasteiger charge is -2.14. The monoisotopic (exact) mass is 293 g/mol. The predicted octanol–water partition coefficient (Wildman–Crippen LogP) is 1.97. The van der Waals surface area contributed by atoms with Gasteiger partial charge in [-0.2, -0.15) is 0 Å². The largest absolute Gasteiger partial charge is 0.385 e. The number of carbonyl (C=O) groups is 1. The van der Waals surface area contributed by atoms with Crippen molar-refractivity contribution in [3.05, 3.63) is 35.4 Å². The molecule has 118 valence electrons. The van der Waals surface area contributed by atoms with Crippen LogP contribution in [0.3, 0.4) is 0 Å². The van der Waals surface area contributed by atoms with Crippen LogP contribution < -0.4 is 10.6 Å². The normalized spacial score (nSPS) is 10.7. The minimum absolute atomic E-state index is 0.137. The van der Waals surface area contributed by atoms with Crippen molar-refractivity contribution in [3.63, 3.8) is 0 Å². The van der Waals surface area contributed by atoms with Gasteiger partial charge in [0.2, 0.25) is 0 Å². The van der Waals surface area contributed by atoms with Crippen LogP contribution >= 0.6 is 0 Å². The third-order valence-corrected chi connectivity index (χ3v) is 3.25. The molecule has 0 radical (unpaired) electrons. The molecule has 1 rings (SSSR count). The summed E-state index contributed by atoms with van der Waals surface area (Å²) in [5.74, 6) is 0. The number of hydrogen-bond donors (Lipinski definition) is 2. The van der Waals surface area contributed by atoms with Crippen LogP contribution in [0, 0.1) is 0 Å². The van der Waals surface area contributed by atoms with Crippen molar-refractivity contribution in [1.82, 2.24) is 15.5 Å². The van der Waals surface area contributed by atoms with E-state index in [1.54, 1.807) is 7.11 Å². The van der Waals surface area contributed by atoms with Crippen molar-refractivity contribution in [2.75, 3.05) is 33.9 Å². The minimum Gasteiger partial charge on any atom is -0.385 e. The molecule has 5 nitrogen and oxygen atoms in total. The van der Waals surface area contributed by atoms with Crippen molar-refractivity contribution in [1.29, 1.82) is 0 Å².